The van der Waals surface area contributed by atoms with Gasteiger partial charge in [-0.15, -0.1) is 0 Å². The van der Waals surface area contributed by atoms with Gasteiger partial charge in [0.2, 0.25) is 6.23 Å². The summed E-state index contributed by atoms with van der Waals surface area (Å²) >= 11 is 0. The third kappa shape index (κ3) is 2.54. The molecule has 0 aliphatic carbocycles. The average Bonchev–Trinajstić information content (AvgIpc) is 3.38. The van der Waals surface area contributed by atoms with Crippen molar-refractivity contribution in [2.75, 3.05) is 7.11 Å². The van der Waals surface area contributed by atoms with Crippen molar-refractivity contribution >= 4 is 5.71 Å². The van der Waals surface area contributed by atoms with Gasteiger partial charge in [-0.1, -0.05) is 18.2 Å². The van der Waals surface area contributed by atoms with E-state index in [9.17, 15) is 8.78 Å². The predicted octanol–water partition coefficient (Wildman–Crippen LogP) is 4.81. The molecule has 0 fully saturated rings. The second-order valence-electron chi connectivity index (χ2n) is 6.65. The molecule has 0 bridgehead atoms. The summed E-state index contributed by atoms with van der Waals surface area (Å²) < 4.78 is 44.5. The van der Waals surface area contributed by atoms with Crippen LogP contribution in [0.15, 0.2) is 64.3 Å². The van der Waals surface area contributed by atoms with Gasteiger partial charge in [0.1, 0.15) is 11.5 Å². The Morgan fingerprint density at radius 2 is 2.00 bits per heavy atom. The van der Waals surface area contributed by atoms with Crippen LogP contribution < -0.4 is 9.47 Å². The molecule has 7 heteroatoms. The highest BCUT2D eigenvalue weighted by Gasteiger charge is 2.42. The van der Waals surface area contributed by atoms with Crippen LogP contribution in [0, 0.1) is 11.6 Å². The molecule has 1 aromatic heterocycles. The van der Waals surface area contributed by atoms with Crippen molar-refractivity contribution in [3.8, 4) is 11.5 Å². The third-order valence-corrected chi connectivity index (χ3v) is 5.03. The maximum absolute atomic E-state index is 13.9. The molecule has 0 saturated carbocycles. The number of benzene rings is 2. The van der Waals surface area contributed by atoms with E-state index in [1.807, 2.05) is 18.2 Å². The van der Waals surface area contributed by atoms with Gasteiger partial charge in [0.15, 0.2) is 23.1 Å². The third-order valence-electron chi connectivity index (χ3n) is 5.03. The minimum atomic E-state index is -0.932. The molecule has 0 spiro atoms. The molecule has 2 atom stereocenters. The van der Waals surface area contributed by atoms with E-state index < -0.39 is 17.9 Å². The first-order valence-electron chi connectivity index (χ1n) is 8.84. The van der Waals surface area contributed by atoms with Crippen molar-refractivity contribution in [1.82, 2.24) is 5.01 Å². The van der Waals surface area contributed by atoms with Gasteiger partial charge in [0.25, 0.3) is 0 Å². The number of nitrogens with zero attached hydrogens (tertiary/aromatic N) is 2. The van der Waals surface area contributed by atoms with E-state index in [1.54, 1.807) is 30.5 Å². The predicted molar refractivity (Wildman–Crippen MR) is 97.2 cm³/mol. The summed E-state index contributed by atoms with van der Waals surface area (Å²) in [6.45, 7) is 0. The highest BCUT2D eigenvalue weighted by atomic mass is 19.2. The zero-order valence-electron chi connectivity index (χ0n) is 14.9. The Balaban J connectivity index is 1.64. The first-order valence-corrected chi connectivity index (χ1v) is 8.84. The van der Waals surface area contributed by atoms with E-state index in [4.69, 9.17) is 19.0 Å². The monoisotopic (exact) mass is 382 g/mol. The average molecular weight is 382 g/mol. The van der Waals surface area contributed by atoms with Crippen LogP contribution in [0.2, 0.25) is 0 Å². The number of ether oxygens (including phenoxy) is 2. The highest BCUT2D eigenvalue weighted by Crippen LogP contribution is 2.50. The number of hydrogen-bond donors (Lipinski definition) is 0. The Morgan fingerprint density at radius 3 is 2.75 bits per heavy atom. The Labute approximate surface area is 159 Å². The van der Waals surface area contributed by atoms with Crippen LogP contribution in [0.5, 0.6) is 11.5 Å². The summed E-state index contributed by atoms with van der Waals surface area (Å²) in [5.74, 6) is -0.0101. The fraction of sp³-hybridized carbons (Fsp3) is 0.190. The van der Waals surface area contributed by atoms with E-state index in [-0.39, 0.29) is 6.04 Å². The summed E-state index contributed by atoms with van der Waals surface area (Å²) in [4.78, 5) is 0. The molecular weight excluding hydrogens is 366 g/mol. The molecule has 2 aromatic carbocycles. The first kappa shape index (κ1) is 16.8. The van der Waals surface area contributed by atoms with Gasteiger partial charge >= 0.3 is 0 Å². The molecule has 2 aliphatic heterocycles. The minimum absolute atomic E-state index is 0.142. The van der Waals surface area contributed by atoms with Crippen molar-refractivity contribution < 1.29 is 22.7 Å². The summed E-state index contributed by atoms with van der Waals surface area (Å²) in [7, 11) is 1.57. The van der Waals surface area contributed by atoms with E-state index in [0.717, 1.165) is 23.4 Å². The highest BCUT2D eigenvalue weighted by molar-refractivity contribution is 5.99. The van der Waals surface area contributed by atoms with Gasteiger partial charge < -0.3 is 13.9 Å². The number of fused-ring (bicyclic) bond motifs is 3. The number of hydrazone groups is 1. The van der Waals surface area contributed by atoms with Gasteiger partial charge in [-0.2, -0.15) is 5.10 Å². The topological polar surface area (TPSA) is 47.2 Å². The van der Waals surface area contributed by atoms with E-state index in [2.05, 4.69) is 0 Å². The second kappa shape index (κ2) is 6.37. The van der Waals surface area contributed by atoms with E-state index >= 15 is 0 Å². The Morgan fingerprint density at radius 1 is 1.11 bits per heavy atom. The number of halogens is 2. The van der Waals surface area contributed by atoms with E-state index in [0.29, 0.717) is 29.2 Å². The molecule has 2 aliphatic rings. The molecule has 0 N–H and O–H groups in total. The molecule has 0 radical (unpaired) electrons. The quantitative estimate of drug-likeness (QED) is 0.652. The normalized spacial score (nSPS) is 20.2. The van der Waals surface area contributed by atoms with Crippen LogP contribution in [0.3, 0.4) is 0 Å². The molecule has 28 heavy (non-hydrogen) atoms. The summed E-state index contributed by atoms with van der Waals surface area (Å²) in [6.07, 6.45) is 1.46. The van der Waals surface area contributed by atoms with Crippen molar-refractivity contribution in [3.05, 3.63) is 83.3 Å². The van der Waals surface area contributed by atoms with E-state index in [1.165, 1.54) is 6.07 Å². The molecule has 3 aromatic rings. The van der Waals surface area contributed by atoms with Crippen molar-refractivity contribution in [2.24, 2.45) is 5.10 Å². The molecule has 0 amide bonds. The Bertz CT molecular complexity index is 1070. The van der Waals surface area contributed by atoms with Crippen LogP contribution in [0.1, 0.15) is 35.6 Å². The van der Waals surface area contributed by atoms with Crippen LogP contribution in [0.4, 0.5) is 8.78 Å². The Kier molecular flexibility index (Phi) is 3.82. The maximum Gasteiger partial charge on any atom is 0.214 e. The number of hydrogen-bond acceptors (Lipinski definition) is 5. The first-order chi connectivity index (χ1) is 13.7. The molecule has 5 nitrogen and oxygen atoms in total. The smallest absolute Gasteiger partial charge is 0.214 e. The van der Waals surface area contributed by atoms with Crippen LogP contribution >= 0.6 is 0 Å². The second-order valence-corrected chi connectivity index (χ2v) is 6.65. The number of para-hydroxylation sites is 1. The van der Waals surface area contributed by atoms with Crippen LogP contribution in [0.25, 0.3) is 0 Å². The molecule has 2 unspecified atom stereocenters. The van der Waals surface area contributed by atoms with Crippen LogP contribution in [-0.2, 0) is 0 Å². The number of rotatable bonds is 3. The standard InChI is InChI=1S/C21H16F2N2O3/c1-26-19-5-2-4-13-17-11-16(18-6-3-9-27-18)24-25(17)21(28-20(13)19)12-7-8-14(22)15(23)10-12/h2-10,17,21H,11H2,1H3. The summed E-state index contributed by atoms with van der Waals surface area (Å²) in [5.41, 5.74) is 2.15. The largest absolute Gasteiger partial charge is 0.493 e. The SMILES string of the molecule is COc1cccc2c1OC(c1ccc(F)c(F)c1)N1N=C(c3ccco3)CC21. The van der Waals surface area contributed by atoms with Crippen LogP contribution in [-0.4, -0.2) is 17.8 Å². The molecule has 5 rings (SSSR count). The molecule has 0 saturated heterocycles. The van der Waals surface area contributed by atoms with Gasteiger partial charge in [-0.05, 0) is 30.3 Å². The lowest BCUT2D eigenvalue weighted by Gasteiger charge is -2.38. The van der Waals surface area contributed by atoms with Gasteiger partial charge in [-0.3, -0.25) is 0 Å². The lowest BCUT2D eigenvalue weighted by atomic mass is 9.97. The van der Waals surface area contributed by atoms with Gasteiger partial charge in [0.05, 0.1) is 19.4 Å². The number of furan rings is 1. The summed E-state index contributed by atoms with van der Waals surface area (Å²) in [5, 5.41) is 6.46. The van der Waals surface area contributed by atoms with Gasteiger partial charge in [0, 0.05) is 17.5 Å². The van der Waals surface area contributed by atoms with Crippen molar-refractivity contribution in [3.63, 3.8) is 0 Å². The van der Waals surface area contributed by atoms with Crippen molar-refractivity contribution in [2.45, 2.75) is 18.7 Å². The lowest BCUT2D eigenvalue weighted by molar-refractivity contribution is -0.0211. The molecule has 3 heterocycles. The fourth-order valence-corrected chi connectivity index (χ4v) is 3.72. The zero-order valence-corrected chi connectivity index (χ0v) is 14.9. The Hall–Kier alpha value is -3.35. The molecule has 142 valence electrons. The zero-order chi connectivity index (χ0) is 19.3. The minimum Gasteiger partial charge on any atom is -0.493 e. The fourth-order valence-electron chi connectivity index (χ4n) is 3.72. The lowest BCUT2D eigenvalue weighted by Crippen LogP contribution is -2.34. The van der Waals surface area contributed by atoms with Crippen molar-refractivity contribution in [1.29, 1.82) is 0 Å². The molecular formula is C21H16F2N2O3. The summed E-state index contributed by atoms with van der Waals surface area (Å²) in [6, 6.07) is 12.9. The maximum atomic E-state index is 13.9. The number of methoxy groups -OCH3 is 1. The van der Waals surface area contributed by atoms with Gasteiger partial charge in [-0.25, -0.2) is 13.8 Å².